The number of amides is 1. The van der Waals surface area contributed by atoms with E-state index in [-0.39, 0.29) is 11.7 Å². The highest BCUT2D eigenvalue weighted by Crippen LogP contribution is 2.19. The van der Waals surface area contributed by atoms with E-state index in [9.17, 15) is 9.18 Å². The summed E-state index contributed by atoms with van der Waals surface area (Å²) in [5.74, 6) is 0.280. The quantitative estimate of drug-likeness (QED) is 0.751. The molecule has 2 rings (SSSR count). The third-order valence-corrected chi connectivity index (χ3v) is 4.41. The monoisotopic (exact) mass is 345 g/mol. The summed E-state index contributed by atoms with van der Waals surface area (Å²) in [6.07, 6.45) is 1.09. The number of anilines is 1. The van der Waals surface area contributed by atoms with Gasteiger partial charge in [-0.05, 0) is 62.9 Å². The molecule has 0 unspecified atom stereocenters. The Labute approximate surface area is 149 Å². The van der Waals surface area contributed by atoms with Gasteiger partial charge < -0.3 is 4.90 Å². The Bertz CT molecular complexity index is 719. The molecule has 0 aliphatic rings. The topological polar surface area (TPSA) is 38.1 Å². The van der Waals surface area contributed by atoms with Gasteiger partial charge in [-0.2, -0.15) is 5.10 Å². The average Bonchev–Trinajstić information content (AvgIpc) is 2.81. The third kappa shape index (κ3) is 4.68. The first-order valence-electron chi connectivity index (χ1n) is 8.92. The summed E-state index contributed by atoms with van der Waals surface area (Å²) in [6, 6.07) is 6.06. The highest BCUT2D eigenvalue weighted by molar-refractivity contribution is 5.93. The number of carbonyl (C=O) groups excluding carboxylic acids is 1. The molecule has 0 aliphatic heterocycles. The van der Waals surface area contributed by atoms with Crippen molar-refractivity contribution in [3.8, 4) is 0 Å². The van der Waals surface area contributed by atoms with Gasteiger partial charge >= 0.3 is 0 Å². The molecule has 2 aromatic rings. The van der Waals surface area contributed by atoms with Crippen molar-refractivity contribution in [1.29, 1.82) is 0 Å². The highest BCUT2D eigenvalue weighted by atomic mass is 19.1. The van der Waals surface area contributed by atoms with Crippen molar-refractivity contribution in [2.24, 2.45) is 5.92 Å². The Kier molecular flexibility index (Phi) is 6.34. The minimum atomic E-state index is -0.295. The molecule has 0 bridgehead atoms. The van der Waals surface area contributed by atoms with Crippen molar-refractivity contribution in [2.75, 3.05) is 11.4 Å². The van der Waals surface area contributed by atoms with Crippen molar-refractivity contribution in [2.45, 2.75) is 54.0 Å². The number of hydrogen-bond acceptors (Lipinski definition) is 2. The second-order valence-corrected chi connectivity index (χ2v) is 6.84. The van der Waals surface area contributed by atoms with Gasteiger partial charge in [0.1, 0.15) is 5.82 Å². The van der Waals surface area contributed by atoms with Gasteiger partial charge in [-0.15, -0.1) is 0 Å². The smallest absolute Gasteiger partial charge is 0.227 e. The number of aryl methyl sites for hydroxylation is 1. The Balaban J connectivity index is 2.08. The number of benzene rings is 1. The van der Waals surface area contributed by atoms with Gasteiger partial charge in [0.25, 0.3) is 0 Å². The summed E-state index contributed by atoms with van der Waals surface area (Å²) in [5.41, 5.74) is 4.03. The largest absolute Gasteiger partial charge is 0.313 e. The summed E-state index contributed by atoms with van der Waals surface area (Å²) < 4.78 is 15.1. The Hall–Kier alpha value is -2.17. The molecule has 4 nitrogen and oxygen atoms in total. The van der Waals surface area contributed by atoms with Crippen LogP contribution in [0.3, 0.4) is 0 Å². The fraction of sp³-hybridized carbons (Fsp3) is 0.500. The lowest BCUT2D eigenvalue weighted by atomic mass is 10.1. The standard InChI is InChI=1S/C20H28FN3O/c1-6-23(18-9-7-17(21)8-10-18)20(25)12-11-19-15(4)22-24(16(19)5)13-14(2)3/h7-10,14H,6,11-13H2,1-5H3. The number of aromatic nitrogens is 2. The van der Waals surface area contributed by atoms with Gasteiger partial charge in [-0.3, -0.25) is 9.48 Å². The normalized spacial score (nSPS) is 11.2. The Morgan fingerprint density at radius 1 is 1.24 bits per heavy atom. The molecule has 0 spiro atoms. The maximum absolute atomic E-state index is 13.1. The van der Waals surface area contributed by atoms with E-state index in [2.05, 4.69) is 25.9 Å². The summed E-state index contributed by atoms with van der Waals surface area (Å²) in [7, 11) is 0. The van der Waals surface area contributed by atoms with E-state index in [1.54, 1.807) is 17.0 Å². The molecule has 1 aromatic carbocycles. The molecule has 0 saturated heterocycles. The first-order chi connectivity index (χ1) is 11.8. The van der Waals surface area contributed by atoms with Crippen molar-refractivity contribution >= 4 is 11.6 Å². The van der Waals surface area contributed by atoms with Gasteiger partial charge in [0, 0.05) is 30.9 Å². The number of carbonyl (C=O) groups is 1. The summed E-state index contributed by atoms with van der Waals surface area (Å²) in [5, 5.41) is 4.61. The Morgan fingerprint density at radius 2 is 1.88 bits per heavy atom. The van der Waals surface area contributed by atoms with Gasteiger partial charge in [-0.25, -0.2) is 4.39 Å². The first-order valence-corrected chi connectivity index (χ1v) is 8.92. The summed E-state index contributed by atoms with van der Waals surface area (Å²) >= 11 is 0. The molecule has 1 aromatic heterocycles. The van der Waals surface area contributed by atoms with Gasteiger partial charge in [0.15, 0.2) is 0 Å². The molecule has 25 heavy (non-hydrogen) atoms. The molecule has 0 aliphatic carbocycles. The molecule has 0 saturated carbocycles. The van der Waals surface area contributed by atoms with E-state index >= 15 is 0 Å². The maximum atomic E-state index is 13.1. The third-order valence-electron chi connectivity index (χ3n) is 4.41. The van der Waals surface area contributed by atoms with E-state index in [0.717, 1.165) is 29.2 Å². The second kappa shape index (κ2) is 8.28. The van der Waals surface area contributed by atoms with Crippen LogP contribution >= 0.6 is 0 Å². The number of nitrogens with zero attached hydrogens (tertiary/aromatic N) is 3. The molecule has 0 fully saturated rings. The molecular weight excluding hydrogens is 317 g/mol. The molecule has 0 radical (unpaired) electrons. The van der Waals surface area contributed by atoms with Crippen molar-refractivity contribution in [3.63, 3.8) is 0 Å². The second-order valence-electron chi connectivity index (χ2n) is 6.84. The molecule has 5 heteroatoms. The van der Waals surface area contributed by atoms with Crippen LogP contribution in [0.5, 0.6) is 0 Å². The fourth-order valence-electron chi connectivity index (χ4n) is 3.11. The molecule has 0 N–H and O–H groups in total. The van der Waals surface area contributed by atoms with Crippen molar-refractivity contribution in [1.82, 2.24) is 9.78 Å². The predicted molar refractivity (Wildman–Crippen MR) is 99.3 cm³/mol. The summed E-state index contributed by atoms with van der Waals surface area (Å²) in [6.45, 7) is 11.8. The van der Waals surface area contributed by atoms with Crippen LogP contribution in [0.25, 0.3) is 0 Å². The van der Waals surface area contributed by atoms with Crippen LogP contribution in [0.4, 0.5) is 10.1 Å². The lowest BCUT2D eigenvalue weighted by Gasteiger charge is -2.21. The van der Waals surface area contributed by atoms with Crippen LogP contribution in [-0.4, -0.2) is 22.2 Å². The fourth-order valence-corrected chi connectivity index (χ4v) is 3.11. The minimum Gasteiger partial charge on any atom is -0.313 e. The summed E-state index contributed by atoms with van der Waals surface area (Å²) in [4.78, 5) is 14.3. The van der Waals surface area contributed by atoms with Gasteiger partial charge in [0.05, 0.1) is 5.69 Å². The SMILES string of the molecule is CCN(C(=O)CCc1c(C)nn(CC(C)C)c1C)c1ccc(F)cc1. The molecule has 1 amide bonds. The molecule has 136 valence electrons. The van der Waals surface area contributed by atoms with E-state index < -0.39 is 0 Å². The molecule has 1 heterocycles. The molecule has 0 atom stereocenters. The van der Waals surface area contributed by atoms with Crippen LogP contribution in [0.2, 0.25) is 0 Å². The Morgan fingerprint density at radius 3 is 2.44 bits per heavy atom. The van der Waals surface area contributed by atoms with Crippen LogP contribution in [-0.2, 0) is 17.8 Å². The van der Waals surface area contributed by atoms with Crippen LogP contribution < -0.4 is 4.90 Å². The van der Waals surface area contributed by atoms with Crippen LogP contribution in [0, 0.1) is 25.6 Å². The number of rotatable bonds is 7. The van der Waals surface area contributed by atoms with Crippen molar-refractivity contribution in [3.05, 3.63) is 47.0 Å². The highest BCUT2D eigenvalue weighted by Gasteiger charge is 2.17. The van der Waals surface area contributed by atoms with Crippen LogP contribution in [0.15, 0.2) is 24.3 Å². The van der Waals surface area contributed by atoms with Crippen molar-refractivity contribution < 1.29 is 9.18 Å². The van der Waals surface area contributed by atoms with E-state index in [1.165, 1.54) is 12.1 Å². The van der Waals surface area contributed by atoms with E-state index in [4.69, 9.17) is 0 Å². The average molecular weight is 345 g/mol. The zero-order valence-corrected chi connectivity index (χ0v) is 15.8. The zero-order chi connectivity index (χ0) is 18.6. The minimum absolute atomic E-state index is 0.0458. The lowest BCUT2D eigenvalue weighted by molar-refractivity contribution is -0.118. The van der Waals surface area contributed by atoms with Gasteiger partial charge in [-0.1, -0.05) is 13.8 Å². The molecular formula is C20H28FN3O. The maximum Gasteiger partial charge on any atom is 0.227 e. The lowest BCUT2D eigenvalue weighted by Crippen LogP contribution is -2.30. The van der Waals surface area contributed by atoms with Gasteiger partial charge in [0.2, 0.25) is 5.91 Å². The number of hydrogen-bond donors (Lipinski definition) is 0. The zero-order valence-electron chi connectivity index (χ0n) is 15.8. The predicted octanol–water partition coefficient (Wildman–Crippen LogP) is 4.28. The van der Waals surface area contributed by atoms with Crippen LogP contribution in [0.1, 0.15) is 44.1 Å². The first kappa shape index (κ1) is 19.2. The van der Waals surface area contributed by atoms with E-state index in [0.29, 0.717) is 25.3 Å². The number of halogens is 1. The van der Waals surface area contributed by atoms with E-state index in [1.807, 2.05) is 18.5 Å².